The van der Waals surface area contributed by atoms with Crippen LogP contribution in [0.1, 0.15) is 65.8 Å². The van der Waals surface area contributed by atoms with Crippen LogP contribution < -0.4 is 5.32 Å². The van der Waals surface area contributed by atoms with Crippen LogP contribution in [0.15, 0.2) is 12.1 Å². The number of carbonyl (C=O) groups excluding carboxylic acids is 4. The second kappa shape index (κ2) is 6.20. The molecule has 0 saturated carbocycles. The minimum atomic E-state index is -1.04. The van der Waals surface area contributed by atoms with Gasteiger partial charge in [-0.05, 0) is 44.9 Å². The molecule has 2 fully saturated rings. The number of amides is 4. The summed E-state index contributed by atoms with van der Waals surface area (Å²) in [5, 5.41) is 2.15. The third-order valence-electron chi connectivity index (χ3n) is 5.83. The Balaban J connectivity index is 1.61. The Hall–Kier alpha value is -2.61. The lowest BCUT2D eigenvalue weighted by Gasteiger charge is -2.48. The Morgan fingerprint density at radius 3 is 2.21 bits per heavy atom. The minimum absolute atomic E-state index is 0.0158. The second-order valence-electron chi connectivity index (χ2n) is 8.64. The fourth-order valence-corrected chi connectivity index (χ4v) is 4.04. The highest BCUT2D eigenvalue weighted by Crippen LogP contribution is 2.37. The lowest BCUT2D eigenvalue weighted by molar-refractivity contribution is -0.136. The topological polar surface area (TPSA) is 86.8 Å². The molecule has 3 aliphatic rings. The normalized spacial score (nSPS) is 23.7. The molecule has 3 heterocycles. The molecule has 4 amide bonds. The number of benzene rings is 1. The summed E-state index contributed by atoms with van der Waals surface area (Å²) in [6.45, 7) is 7.61. The van der Waals surface area contributed by atoms with Crippen LogP contribution >= 0.6 is 0 Å². The van der Waals surface area contributed by atoms with Gasteiger partial charge >= 0.3 is 0 Å². The molecule has 1 aromatic carbocycles. The summed E-state index contributed by atoms with van der Waals surface area (Å²) in [6, 6.07) is 1.52. The molecule has 0 aliphatic carbocycles. The lowest BCUT2D eigenvalue weighted by Crippen LogP contribution is -2.54. The van der Waals surface area contributed by atoms with E-state index in [0.717, 1.165) is 11.0 Å². The van der Waals surface area contributed by atoms with Gasteiger partial charge in [0.1, 0.15) is 11.9 Å². The Morgan fingerprint density at radius 2 is 1.64 bits per heavy atom. The second-order valence-corrected chi connectivity index (χ2v) is 8.64. The van der Waals surface area contributed by atoms with Gasteiger partial charge in [-0.15, -0.1) is 0 Å². The van der Waals surface area contributed by atoms with Gasteiger partial charge in [-0.1, -0.05) is 0 Å². The number of hydrogen-bond donors (Lipinski definition) is 1. The molecular weight excluding hydrogens is 365 g/mol. The van der Waals surface area contributed by atoms with Crippen molar-refractivity contribution in [1.82, 2.24) is 15.1 Å². The van der Waals surface area contributed by atoms with E-state index in [9.17, 15) is 23.6 Å². The first-order valence-electron chi connectivity index (χ1n) is 9.38. The Labute approximate surface area is 161 Å². The smallest absolute Gasteiger partial charge is 0.262 e. The summed E-state index contributed by atoms with van der Waals surface area (Å²) in [4.78, 5) is 52.1. The van der Waals surface area contributed by atoms with E-state index >= 15 is 0 Å². The van der Waals surface area contributed by atoms with E-state index < -0.39 is 35.5 Å². The van der Waals surface area contributed by atoms with Gasteiger partial charge < -0.3 is 0 Å². The van der Waals surface area contributed by atoms with E-state index in [1.54, 1.807) is 0 Å². The van der Waals surface area contributed by atoms with Crippen molar-refractivity contribution in [2.45, 2.75) is 51.1 Å². The molecule has 148 valence electrons. The first kappa shape index (κ1) is 18.7. The van der Waals surface area contributed by atoms with Crippen molar-refractivity contribution in [3.63, 3.8) is 0 Å². The molecule has 2 saturated heterocycles. The molecule has 0 aromatic heterocycles. The van der Waals surface area contributed by atoms with Crippen molar-refractivity contribution < 1.29 is 23.6 Å². The largest absolute Gasteiger partial charge is 0.297 e. The van der Waals surface area contributed by atoms with Gasteiger partial charge in [0.05, 0.1) is 11.1 Å². The zero-order chi connectivity index (χ0) is 20.4. The van der Waals surface area contributed by atoms with E-state index in [4.69, 9.17) is 0 Å². The quantitative estimate of drug-likeness (QED) is 0.776. The molecule has 28 heavy (non-hydrogen) atoms. The highest BCUT2D eigenvalue weighted by molar-refractivity contribution is 6.23. The molecule has 1 atom stereocenters. The maximum absolute atomic E-state index is 14.7. The van der Waals surface area contributed by atoms with Crippen LogP contribution in [0, 0.1) is 5.82 Å². The molecule has 0 radical (unpaired) electrons. The van der Waals surface area contributed by atoms with Crippen LogP contribution in [0.5, 0.6) is 0 Å². The predicted molar refractivity (Wildman–Crippen MR) is 97.1 cm³/mol. The van der Waals surface area contributed by atoms with Crippen molar-refractivity contribution in [3.8, 4) is 0 Å². The third kappa shape index (κ3) is 2.83. The predicted octanol–water partition coefficient (Wildman–Crippen LogP) is 1.42. The van der Waals surface area contributed by atoms with Gasteiger partial charge in [0.15, 0.2) is 0 Å². The minimum Gasteiger partial charge on any atom is -0.297 e. The summed E-state index contributed by atoms with van der Waals surface area (Å²) < 4.78 is 14.7. The maximum Gasteiger partial charge on any atom is 0.262 e. The van der Waals surface area contributed by atoms with Gasteiger partial charge in [-0.25, -0.2) is 4.39 Å². The van der Waals surface area contributed by atoms with E-state index in [1.807, 2.05) is 0 Å². The highest BCUT2D eigenvalue weighted by atomic mass is 19.1. The monoisotopic (exact) mass is 387 g/mol. The zero-order valence-corrected chi connectivity index (χ0v) is 16.0. The van der Waals surface area contributed by atoms with Gasteiger partial charge in [0.25, 0.3) is 11.8 Å². The fourth-order valence-electron chi connectivity index (χ4n) is 4.04. The zero-order valence-electron chi connectivity index (χ0n) is 16.0. The standard InChI is InChI=1S/C20H22FN3O4/c1-20(2,3)23-8-10(9-23)11-6-12-13(7-14(11)21)19(28)24(18(12)27)15-4-5-16(25)22-17(15)26/h6-7,10,15H,4-5,8-9H2,1-3H3,(H,22,25,26)/t15-/m0/s1. The van der Waals surface area contributed by atoms with E-state index in [-0.39, 0.29) is 35.4 Å². The van der Waals surface area contributed by atoms with E-state index in [0.29, 0.717) is 18.7 Å². The van der Waals surface area contributed by atoms with Crippen molar-refractivity contribution in [2.24, 2.45) is 0 Å². The summed E-state index contributed by atoms with van der Waals surface area (Å²) in [7, 11) is 0. The van der Waals surface area contributed by atoms with E-state index in [2.05, 4.69) is 31.0 Å². The Kier molecular flexibility index (Phi) is 4.15. The van der Waals surface area contributed by atoms with Crippen molar-refractivity contribution in [2.75, 3.05) is 13.1 Å². The van der Waals surface area contributed by atoms with Crippen LogP contribution in [-0.2, 0) is 9.59 Å². The molecular formula is C20H22FN3O4. The van der Waals surface area contributed by atoms with Crippen molar-refractivity contribution in [1.29, 1.82) is 0 Å². The van der Waals surface area contributed by atoms with Crippen molar-refractivity contribution in [3.05, 3.63) is 34.6 Å². The Bertz CT molecular complexity index is 915. The van der Waals surface area contributed by atoms with Crippen LogP contribution in [0.25, 0.3) is 0 Å². The highest BCUT2D eigenvalue weighted by Gasteiger charge is 2.46. The molecule has 1 aromatic rings. The van der Waals surface area contributed by atoms with Crippen LogP contribution in [0.3, 0.4) is 0 Å². The first-order valence-corrected chi connectivity index (χ1v) is 9.38. The first-order chi connectivity index (χ1) is 13.1. The number of piperidine rings is 1. The van der Waals surface area contributed by atoms with E-state index in [1.165, 1.54) is 6.07 Å². The lowest BCUT2D eigenvalue weighted by atomic mass is 9.85. The van der Waals surface area contributed by atoms with Gasteiger partial charge in [-0.2, -0.15) is 0 Å². The molecule has 0 spiro atoms. The summed E-state index contributed by atoms with van der Waals surface area (Å²) >= 11 is 0. The van der Waals surface area contributed by atoms with Crippen molar-refractivity contribution >= 4 is 23.6 Å². The number of hydrogen-bond acceptors (Lipinski definition) is 5. The van der Waals surface area contributed by atoms with Gasteiger partial charge in [0.2, 0.25) is 11.8 Å². The molecule has 7 nitrogen and oxygen atoms in total. The maximum atomic E-state index is 14.7. The SMILES string of the molecule is CC(C)(C)N1CC(c2cc3c(cc2F)C(=O)N([C@H]2CCC(=O)NC2=O)C3=O)C1. The number of imide groups is 2. The number of carbonyl (C=O) groups is 4. The van der Waals surface area contributed by atoms with Crippen LogP contribution in [0.2, 0.25) is 0 Å². The Morgan fingerprint density at radius 1 is 1.04 bits per heavy atom. The van der Waals surface area contributed by atoms with Gasteiger partial charge in [-0.3, -0.25) is 34.3 Å². The van der Waals surface area contributed by atoms with Gasteiger partial charge in [0, 0.05) is 31.0 Å². The number of rotatable bonds is 2. The number of fused-ring (bicyclic) bond motifs is 1. The number of nitrogens with zero attached hydrogens (tertiary/aromatic N) is 2. The average molecular weight is 387 g/mol. The molecule has 3 aliphatic heterocycles. The number of likely N-dealkylation sites (tertiary alicyclic amines) is 1. The summed E-state index contributed by atoms with van der Waals surface area (Å²) in [5.41, 5.74) is 0.506. The summed E-state index contributed by atoms with van der Waals surface area (Å²) in [6.07, 6.45) is 0.128. The third-order valence-corrected chi connectivity index (χ3v) is 5.83. The molecule has 4 rings (SSSR count). The molecule has 8 heteroatoms. The molecule has 0 unspecified atom stereocenters. The van der Waals surface area contributed by atoms with Crippen LogP contribution in [-0.4, -0.2) is 58.1 Å². The fraction of sp³-hybridized carbons (Fsp3) is 0.500. The average Bonchev–Trinajstić information content (AvgIpc) is 2.77. The van der Waals surface area contributed by atoms with Crippen LogP contribution in [0.4, 0.5) is 4.39 Å². The molecule has 1 N–H and O–H groups in total. The summed E-state index contributed by atoms with van der Waals surface area (Å²) in [5.74, 6) is -2.96. The number of nitrogens with one attached hydrogen (secondary N) is 1. The number of halogens is 1. The molecule has 0 bridgehead atoms.